The topological polar surface area (TPSA) is 13.1 Å². The second-order valence-electron chi connectivity index (χ2n) is 16.7. The van der Waals surface area contributed by atoms with Gasteiger partial charge in [0.1, 0.15) is 11.2 Å². The van der Waals surface area contributed by atoms with Crippen molar-refractivity contribution in [2.75, 3.05) is 0 Å². The molecule has 4 aliphatic rings. The van der Waals surface area contributed by atoms with Gasteiger partial charge in [-0.15, -0.1) is 0 Å². The molecule has 1 heterocycles. The molecule has 1 heteroatoms. The Morgan fingerprint density at radius 2 is 1.12 bits per heavy atom. The predicted octanol–water partition coefficient (Wildman–Crippen LogP) is 14.7. The van der Waals surface area contributed by atoms with Crippen LogP contribution in [0, 0.1) is 11.8 Å². The number of fused-ring (bicyclic) bond motifs is 10. The smallest absolute Gasteiger partial charge is 0.136 e. The summed E-state index contributed by atoms with van der Waals surface area (Å²) < 4.78 is 6.32. The minimum Gasteiger partial charge on any atom is -0.456 e. The van der Waals surface area contributed by atoms with Crippen LogP contribution in [0.15, 0.2) is 186 Å². The van der Waals surface area contributed by atoms with E-state index >= 15 is 0 Å². The highest BCUT2D eigenvalue weighted by molar-refractivity contribution is 6.17. The standard InChI is InChI=1S/C55H40O/c1-55(2)49-27-24-34(28-46(49)47-29-35-30-48-40-18-12-13-23-51(40)56-52(48)32-36(35)31-50(47)55)53-41-19-8-10-21-43(41)54(44-22-11-9-20-42(44)53)45-26-25-37(33-14-4-3-5-15-33)38-16-6-7-17-39(38)45/h3-27,29-32,38-39,46H,28H2,1-2H3. The highest BCUT2D eigenvalue weighted by atomic mass is 16.3. The molecule has 0 bridgehead atoms. The lowest BCUT2D eigenvalue weighted by Gasteiger charge is -2.34. The SMILES string of the molecule is CC1(C)C2=CC=C(c3c4ccccc4c(C4=CC=C(c5ccccc5)C5C=CC=CC45)c4ccccc34)CC2c2cc3cc4c(cc3cc21)oc1ccccc14. The molecule has 7 aromatic carbocycles. The second-order valence-corrected chi connectivity index (χ2v) is 16.7. The molecule has 56 heavy (non-hydrogen) atoms. The monoisotopic (exact) mass is 716 g/mol. The number of rotatable bonds is 3. The van der Waals surface area contributed by atoms with Crippen molar-refractivity contribution in [3.8, 4) is 0 Å². The van der Waals surface area contributed by atoms with E-state index in [1.807, 2.05) is 0 Å². The molecule has 1 aromatic heterocycles. The Kier molecular flexibility index (Phi) is 6.70. The van der Waals surface area contributed by atoms with Gasteiger partial charge in [0.15, 0.2) is 0 Å². The van der Waals surface area contributed by atoms with E-state index in [-0.39, 0.29) is 17.3 Å². The molecule has 0 fully saturated rings. The van der Waals surface area contributed by atoms with E-state index in [2.05, 4.69) is 190 Å². The molecule has 12 rings (SSSR count). The molecule has 1 nitrogen and oxygen atoms in total. The average molecular weight is 717 g/mol. The van der Waals surface area contributed by atoms with E-state index in [1.54, 1.807) is 0 Å². The summed E-state index contributed by atoms with van der Waals surface area (Å²) in [6.45, 7) is 4.83. The zero-order valence-electron chi connectivity index (χ0n) is 31.6. The van der Waals surface area contributed by atoms with Gasteiger partial charge in [-0.2, -0.15) is 0 Å². The molecule has 0 saturated carbocycles. The molecule has 266 valence electrons. The molecule has 3 unspecified atom stereocenters. The Labute approximate surface area is 327 Å². The third-order valence-corrected chi connectivity index (χ3v) is 13.5. The van der Waals surface area contributed by atoms with E-state index in [9.17, 15) is 0 Å². The molecular formula is C55H40O. The van der Waals surface area contributed by atoms with Gasteiger partial charge >= 0.3 is 0 Å². The van der Waals surface area contributed by atoms with Crippen molar-refractivity contribution < 1.29 is 4.42 Å². The van der Waals surface area contributed by atoms with Gasteiger partial charge in [0.2, 0.25) is 0 Å². The average Bonchev–Trinajstić information content (AvgIpc) is 3.71. The van der Waals surface area contributed by atoms with Crippen LogP contribution in [0.1, 0.15) is 54.0 Å². The fourth-order valence-electron chi connectivity index (χ4n) is 10.9. The van der Waals surface area contributed by atoms with Crippen LogP contribution < -0.4 is 0 Å². The highest BCUT2D eigenvalue weighted by Crippen LogP contribution is 2.57. The number of para-hydroxylation sites is 1. The fourth-order valence-corrected chi connectivity index (χ4v) is 10.9. The van der Waals surface area contributed by atoms with Crippen LogP contribution in [0.3, 0.4) is 0 Å². The summed E-state index contributed by atoms with van der Waals surface area (Å²) in [5.41, 5.74) is 14.5. The number of hydrogen-bond donors (Lipinski definition) is 0. The summed E-state index contributed by atoms with van der Waals surface area (Å²) in [6.07, 6.45) is 20.0. The van der Waals surface area contributed by atoms with Crippen molar-refractivity contribution in [3.05, 3.63) is 209 Å². The lowest BCUT2D eigenvalue weighted by Crippen LogP contribution is -2.19. The zero-order valence-corrected chi connectivity index (χ0v) is 31.6. The molecular weight excluding hydrogens is 677 g/mol. The van der Waals surface area contributed by atoms with Crippen molar-refractivity contribution in [1.82, 2.24) is 0 Å². The maximum Gasteiger partial charge on any atom is 0.136 e. The minimum atomic E-state index is -0.0644. The first-order valence-corrected chi connectivity index (χ1v) is 20.1. The van der Waals surface area contributed by atoms with Crippen LogP contribution in [-0.4, -0.2) is 0 Å². The van der Waals surface area contributed by atoms with E-state index in [4.69, 9.17) is 4.42 Å². The van der Waals surface area contributed by atoms with E-state index in [0.29, 0.717) is 5.92 Å². The van der Waals surface area contributed by atoms with E-state index in [0.717, 1.165) is 17.6 Å². The van der Waals surface area contributed by atoms with Crippen LogP contribution in [-0.2, 0) is 5.41 Å². The van der Waals surface area contributed by atoms with Gasteiger partial charge in [0.05, 0.1) is 0 Å². The van der Waals surface area contributed by atoms with Crippen LogP contribution in [0.4, 0.5) is 0 Å². The first-order chi connectivity index (χ1) is 27.5. The number of benzene rings is 7. The lowest BCUT2D eigenvalue weighted by atomic mass is 9.69. The number of hydrogen-bond acceptors (Lipinski definition) is 1. The Hall–Kier alpha value is -6.44. The Morgan fingerprint density at radius 1 is 0.518 bits per heavy atom. The molecule has 0 N–H and O–H groups in total. The molecule has 0 aliphatic heterocycles. The van der Waals surface area contributed by atoms with Crippen LogP contribution >= 0.6 is 0 Å². The normalized spacial score (nSPS) is 20.9. The number of allylic oxidation sites excluding steroid dienone is 12. The van der Waals surface area contributed by atoms with Crippen LogP contribution in [0.5, 0.6) is 0 Å². The number of furan rings is 1. The van der Waals surface area contributed by atoms with E-state index in [1.165, 1.54) is 93.2 Å². The van der Waals surface area contributed by atoms with Gasteiger partial charge in [-0.05, 0) is 108 Å². The molecule has 0 radical (unpaired) electrons. The molecule has 0 saturated heterocycles. The fraction of sp³-hybridized carbons (Fsp3) is 0.127. The van der Waals surface area contributed by atoms with Gasteiger partial charge < -0.3 is 4.42 Å². The lowest BCUT2D eigenvalue weighted by molar-refractivity contribution is 0.615. The summed E-state index contributed by atoms with van der Waals surface area (Å²) in [5, 5.41) is 10.2. The van der Waals surface area contributed by atoms with Gasteiger partial charge in [-0.1, -0.05) is 171 Å². The third-order valence-electron chi connectivity index (χ3n) is 13.5. The van der Waals surface area contributed by atoms with E-state index < -0.39 is 0 Å². The second kappa shape index (κ2) is 11.8. The Bertz CT molecular complexity index is 3130. The van der Waals surface area contributed by atoms with Crippen molar-refractivity contribution in [2.24, 2.45) is 11.8 Å². The molecule has 8 aromatic rings. The van der Waals surface area contributed by atoms with Crippen molar-refractivity contribution >= 4 is 71.0 Å². The van der Waals surface area contributed by atoms with Crippen molar-refractivity contribution in [1.29, 1.82) is 0 Å². The summed E-state index contributed by atoms with van der Waals surface area (Å²) in [5.74, 6) is 0.862. The Morgan fingerprint density at radius 3 is 1.86 bits per heavy atom. The summed E-state index contributed by atoms with van der Waals surface area (Å²) in [6, 6.07) is 47.2. The Balaban J connectivity index is 1.02. The molecule has 0 spiro atoms. The first-order valence-electron chi connectivity index (χ1n) is 20.1. The van der Waals surface area contributed by atoms with Gasteiger partial charge in [-0.3, -0.25) is 0 Å². The molecule has 3 atom stereocenters. The molecule has 0 amide bonds. The quantitative estimate of drug-likeness (QED) is 0.166. The van der Waals surface area contributed by atoms with Crippen LogP contribution in [0.2, 0.25) is 0 Å². The molecule has 4 aliphatic carbocycles. The van der Waals surface area contributed by atoms with Gasteiger partial charge in [0.25, 0.3) is 0 Å². The summed E-state index contributed by atoms with van der Waals surface area (Å²) in [7, 11) is 0. The van der Waals surface area contributed by atoms with Crippen molar-refractivity contribution in [3.63, 3.8) is 0 Å². The first kappa shape index (κ1) is 31.9. The van der Waals surface area contributed by atoms with Gasteiger partial charge in [0, 0.05) is 33.9 Å². The highest BCUT2D eigenvalue weighted by Gasteiger charge is 2.43. The summed E-state index contributed by atoms with van der Waals surface area (Å²) >= 11 is 0. The predicted molar refractivity (Wildman–Crippen MR) is 237 cm³/mol. The van der Waals surface area contributed by atoms with Crippen molar-refractivity contribution in [2.45, 2.75) is 31.6 Å². The summed E-state index contributed by atoms with van der Waals surface area (Å²) in [4.78, 5) is 0. The zero-order chi connectivity index (χ0) is 37.1. The van der Waals surface area contributed by atoms with Gasteiger partial charge in [-0.25, -0.2) is 0 Å². The third kappa shape index (κ3) is 4.49. The maximum atomic E-state index is 6.32. The largest absolute Gasteiger partial charge is 0.456 e. The maximum absolute atomic E-state index is 6.32. The van der Waals surface area contributed by atoms with Crippen LogP contribution in [0.25, 0.3) is 71.0 Å². The minimum absolute atomic E-state index is 0.0644.